The van der Waals surface area contributed by atoms with Crippen LogP contribution in [0.3, 0.4) is 0 Å². The van der Waals surface area contributed by atoms with Gasteiger partial charge in [-0.1, -0.05) is 41.9 Å². The van der Waals surface area contributed by atoms with Crippen molar-refractivity contribution in [1.82, 2.24) is 0 Å². The van der Waals surface area contributed by atoms with Crippen LogP contribution in [0.5, 0.6) is 34.5 Å². The summed E-state index contributed by atoms with van der Waals surface area (Å²) in [6.07, 6.45) is 0.966. The van der Waals surface area contributed by atoms with Gasteiger partial charge in [-0.3, -0.25) is 4.79 Å². The SMILES string of the molecule is COC(=O)CCc1ccc(Oc2cccc(Oc3ccc(Cl)cc3Oc3ccccc3C)c2)cc1C. The van der Waals surface area contributed by atoms with E-state index in [0.29, 0.717) is 46.6 Å². The first kappa shape index (κ1) is 25.1. The maximum Gasteiger partial charge on any atom is 0.305 e. The number of para-hydroxylation sites is 1. The average molecular weight is 503 g/mol. The molecule has 0 aliphatic rings. The van der Waals surface area contributed by atoms with Gasteiger partial charge in [0.25, 0.3) is 0 Å². The molecule has 0 fully saturated rings. The number of aryl methyl sites for hydroxylation is 3. The van der Waals surface area contributed by atoms with Crippen LogP contribution in [-0.4, -0.2) is 13.1 Å². The number of hydrogen-bond acceptors (Lipinski definition) is 5. The highest BCUT2D eigenvalue weighted by atomic mass is 35.5. The second-order valence-corrected chi connectivity index (χ2v) is 8.74. The minimum absolute atomic E-state index is 0.223. The zero-order valence-electron chi connectivity index (χ0n) is 20.4. The molecule has 0 spiro atoms. The first-order chi connectivity index (χ1) is 17.4. The molecule has 0 radical (unpaired) electrons. The Kier molecular flexibility index (Phi) is 8.13. The molecule has 0 aliphatic heterocycles. The summed E-state index contributed by atoms with van der Waals surface area (Å²) in [7, 11) is 1.40. The van der Waals surface area contributed by atoms with Crippen LogP contribution in [0.15, 0.2) is 84.9 Å². The van der Waals surface area contributed by atoms with E-state index in [2.05, 4.69) is 0 Å². The summed E-state index contributed by atoms with van der Waals surface area (Å²) in [5.74, 6) is 3.47. The van der Waals surface area contributed by atoms with Crippen molar-refractivity contribution in [3.05, 3.63) is 107 Å². The number of esters is 1. The van der Waals surface area contributed by atoms with Crippen LogP contribution in [0.4, 0.5) is 0 Å². The molecule has 4 aromatic rings. The molecule has 0 saturated heterocycles. The molecular formula is C30H27ClO5. The first-order valence-corrected chi connectivity index (χ1v) is 11.9. The van der Waals surface area contributed by atoms with Crippen LogP contribution in [-0.2, 0) is 16.0 Å². The number of carbonyl (C=O) groups is 1. The van der Waals surface area contributed by atoms with Gasteiger partial charge in [0, 0.05) is 23.6 Å². The zero-order valence-corrected chi connectivity index (χ0v) is 21.2. The fourth-order valence-corrected chi connectivity index (χ4v) is 3.81. The molecule has 4 aromatic carbocycles. The van der Waals surface area contributed by atoms with Gasteiger partial charge in [0.2, 0.25) is 0 Å². The largest absolute Gasteiger partial charge is 0.469 e. The van der Waals surface area contributed by atoms with E-state index in [0.717, 1.165) is 22.4 Å². The predicted molar refractivity (Wildman–Crippen MR) is 141 cm³/mol. The molecule has 4 rings (SSSR count). The highest BCUT2D eigenvalue weighted by Crippen LogP contribution is 2.38. The minimum atomic E-state index is -0.223. The summed E-state index contributed by atoms with van der Waals surface area (Å²) in [4.78, 5) is 11.4. The minimum Gasteiger partial charge on any atom is -0.469 e. The van der Waals surface area contributed by atoms with E-state index < -0.39 is 0 Å². The molecule has 5 nitrogen and oxygen atoms in total. The number of benzene rings is 4. The highest BCUT2D eigenvalue weighted by Gasteiger charge is 2.12. The van der Waals surface area contributed by atoms with E-state index in [9.17, 15) is 4.79 Å². The van der Waals surface area contributed by atoms with Crippen LogP contribution >= 0.6 is 11.6 Å². The fraction of sp³-hybridized carbons (Fsp3) is 0.167. The Morgan fingerprint density at radius 3 is 2.19 bits per heavy atom. The molecule has 0 unspecified atom stereocenters. The second-order valence-electron chi connectivity index (χ2n) is 8.30. The Hall–Kier alpha value is -3.96. The van der Waals surface area contributed by atoms with Crippen molar-refractivity contribution >= 4 is 17.6 Å². The molecule has 0 atom stereocenters. The van der Waals surface area contributed by atoms with E-state index in [1.54, 1.807) is 18.2 Å². The fourth-order valence-electron chi connectivity index (χ4n) is 3.65. The summed E-state index contributed by atoms with van der Waals surface area (Å²) in [6.45, 7) is 3.98. The smallest absolute Gasteiger partial charge is 0.305 e. The Morgan fingerprint density at radius 2 is 1.44 bits per heavy atom. The summed E-state index contributed by atoms with van der Waals surface area (Å²) in [6, 6.07) is 26.2. The second kappa shape index (κ2) is 11.6. The van der Waals surface area contributed by atoms with Crippen molar-refractivity contribution in [2.45, 2.75) is 26.7 Å². The van der Waals surface area contributed by atoms with Gasteiger partial charge >= 0.3 is 5.97 Å². The maximum atomic E-state index is 11.4. The number of methoxy groups -OCH3 is 1. The van der Waals surface area contributed by atoms with E-state index in [1.807, 2.05) is 80.6 Å². The molecule has 0 aromatic heterocycles. The molecule has 184 valence electrons. The predicted octanol–water partition coefficient (Wildman–Crippen LogP) is 8.44. The van der Waals surface area contributed by atoms with Gasteiger partial charge in [0.1, 0.15) is 23.0 Å². The Balaban J connectivity index is 1.49. The molecule has 0 heterocycles. The lowest BCUT2D eigenvalue weighted by Gasteiger charge is -2.15. The van der Waals surface area contributed by atoms with Crippen LogP contribution in [0.25, 0.3) is 0 Å². The van der Waals surface area contributed by atoms with Gasteiger partial charge in [-0.05, 0) is 79.4 Å². The third-order valence-corrected chi connectivity index (χ3v) is 5.86. The molecule has 6 heteroatoms. The Bertz CT molecular complexity index is 1370. The van der Waals surface area contributed by atoms with E-state index in [-0.39, 0.29) is 5.97 Å². The maximum absolute atomic E-state index is 11.4. The van der Waals surface area contributed by atoms with Crippen molar-refractivity contribution < 1.29 is 23.7 Å². The number of rotatable bonds is 9. The quantitative estimate of drug-likeness (QED) is 0.215. The molecule has 0 amide bonds. The number of carbonyl (C=O) groups excluding carboxylic acids is 1. The van der Waals surface area contributed by atoms with Crippen molar-refractivity contribution in [2.75, 3.05) is 7.11 Å². The van der Waals surface area contributed by atoms with Crippen LogP contribution in [0.1, 0.15) is 23.1 Å². The van der Waals surface area contributed by atoms with Crippen molar-refractivity contribution in [2.24, 2.45) is 0 Å². The summed E-state index contributed by atoms with van der Waals surface area (Å²) in [5.41, 5.74) is 3.13. The van der Waals surface area contributed by atoms with Gasteiger partial charge in [-0.2, -0.15) is 0 Å². The number of ether oxygens (including phenoxy) is 4. The highest BCUT2D eigenvalue weighted by molar-refractivity contribution is 6.30. The van der Waals surface area contributed by atoms with Crippen LogP contribution < -0.4 is 14.2 Å². The summed E-state index contributed by atoms with van der Waals surface area (Å²) < 4.78 is 23.1. The van der Waals surface area contributed by atoms with Crippen LogP contribution in [0, 0.1) is 13.8 Å². The lowest BCUT2D eigenvalue weighted by Crippen LogP contribution is -2.02. The standard InChI is InChI=1S/C30H27ClO5/c1-20-7-4-5-10-27(20)36-29-18-23(31)13-15-28(29)35-25-9-6-8-24(19-25)34-26-14-11-22(21(2)17-26)12-16-30(32)33-3/h4-11,13-15,17-19H,12,16H2,1-3H3. The van der Waals surface area contributed by atoms with E-state index in [4.69, 9.17) is 30.5 Å². The normalized spacial score (nSPS) is 10.6. The van der Waals surface area contributed by atoms with Gasteiger partial charge in [-0.15, -0.1) is 0 Å². The molecule has 0 N–H and O–H groups in total. The van der Waals surface area contributed by atoms with Crippen molar-refractivity contribution in [3.8, 4) is 34.5 Å². The van der Waals surface area contributed by atoms with Crippen LogP contribution in [0.2, 0.25) is 5.02 Å². The zero-order chi connectivity index (χ0) is 25.5. The molecule has 36 heavy (non-hydrogen) atoms. The monoisotopic (exact) mass is 502 g/mol. The van der Waals surface area contributed by atoms with Gasteiger partial charge in [-0.25, -0.2) is 0 Å². The Labute approximate surface area is 216 Å². The summed E-state index contributed by atoms with van der Waals surface area (Å²) >= 11 is 6.23. The van der Waals surface area contributed by atoms with E-state index >= 15 is 0 Å². The van der Waals surface area contributed by atoms with Crippen molar-refractivity contribution in [3.63, 3.8) is 0 Å². The lowest BCUT2D eigenvalue weighted by atomic mass is 10.0. The number of hydrogen-bond donors (Lipinski definition) is 0. The lowest BCUT2D eigenvalue weighted by molar-refractivity contribution is -0.140. The Morgan fingerprint density at radius 1 is 0.694 bits per heavy atom. The van der Waals surface area contributed by atoms with Gasteiger partial charge < -0.3 is 18.9 Å². The first-order valence-electron chi connectivity index (χ1n) is 11.6. The topological polar surface area (TPSA) is 54.0 Å². The third kappa shape index (κ3) is 6.58. The average Bonchev–Trinajstić information content (AvgIpc) is 2.86. The van der Waals surface area contributed by atoms with Gasteiger partial charge in [0.15, 0.2) is 11.5 Å². The van der Waals surface area contributed by atoms with Gasteiger partial charge in [0.05, 0.1) is 7.11 Å². The van der Waals surface area contributed by atoms with Crippen molar-refractivity contribution in [1.29, 1.82) is 0 Å². The van der Waals surface area contributed by atoms with E-state index in [1.165, 1.54) is 7.11 Å². The molecule has 0 bridgehead atoms. The third-order valence-electron chi connectivity index (χ3n) is 5.63. The summed E-state index contributed by atoms with van der Waals surface area (Å²) in [5, 5.41) is 0.549. The number of halogens is 1. The molecule has 0 saturated carbocycles. The molecule has 0 aliphatic carbocycles. The molecular weight excluding hydrogens is 476 g/mol.